The fourth-order valence-corrected chi connectivity index (χ4v) is 1.21. The Kier molecular flexibility index (Phi) is 3.72. The zero-order valence-electron chi connectivity index (χ0n) is 9.74. The van der Waals surface area contributed by atoms with Gasteiger partial charge in [0.25, 0.3) is 0 Å². The third-order valence-corrected chi connectivity index (χ3v) is 2.21. The van der Waals surface area contributed by atoms with Crippen LogP contribution < -0.4 is 5.32 Å². The van der Waals surface area contributed by atoms with E-state index in [-0.39, 0.29) is 6.03 Å². The van der Waals surface area contributed by atoms with E-state index in [1.54, 1.807) is 14.1 Å². The van der Waals surface area contributed by atoms with Gasteiger partial charge in [0.2, 0.25) is 0 Å². The molecule has 1 N–H and O–H groups in total. The maximum atomic E-state index is 11.4. The summed E-state index contributed by atoms with van der Waals surface area (Å²) in [5.41, 5.74) is 2.08. The molecule has 0 heterocycles. The van der Waals surface area contributed by atoms with E-state index in [1.807, 2.05) is 18.2 Å². The van der Waals surface area contributed by atoms with E-state index in [9.17, 15) is 4.79 Å². The number of anilines is 1. The van der Waals surface area contributed by atoms with E-state index < -0.39 is 0 Å². The van der Waals surface area contributed by atoms with Crippen molar-refractivity contribution in [2.75, 3.05) is 19.4 Å². The predicted molar refractivity (Wildman–Crippen MR) is 63.2 cm³/mol. The second kappa shape index (κ2) is 4.82. The molecule has 3 nitrogen and oxygen atoms in total. The number of carbonyl (C=O) groups excluding carboxylic acids is 1. The van der Waals surface area contributed by atoms with Crippen LogP contribution in [-0.4, -0.2) is 25.0 Å². The van der Waals surface area contributed by atoms with Crippen LogP contribution in [0, 0.1) is 0 Å². The summed E-state index contributed by atoms with van der Waals surface area (Å²) in [6, 6.07) is 7.83. The van der Waals surface area contributed by atoms with E-state index in [1.165, 1.54) is 10.5 Å². The third-order valence-electron chi connectivity index (χ3n) is 2.21. The van der Waals surface area contributed by atoms with Crippen molar-refractivity contribution < 1.29 is 4.79 Å². The van der Waals surface area contributed by atoms with Crippen molar-refractivity contribution in [1.82, 2.24) is 4.90 Å². The summed E-state index contributed by atoms with van der Waals surface area (Å²) in [7, 11) is 3.45. The summed E-state index contributed by atoms with van der Waals surface area (Å²) in [6.45, 7) is 4.26. The molecular formula is C12H18N2O. The normalized spacial score (nSPS) is 10.2. The van der Waals surface area contributed by atoms with Gasteiger partial charge in [0.15, 0.2) is 0 Å². The molecule has 0 spiro atoms. The van der Waals surface area contributed by atoms with Crippen LogP contribution >= 0.6 is 0 Å². The quantitative estimate of drug-likeness (QED) is 0.792. The van der Waals surface area contributed by atoms with Crippen LogP contribution in [0.2, 0.25) is 0 Å². The summed E-state index contributed by atoms with van der Waals surface area (Å²) in [5.74, 6) is 0.473. The van der Waals surface area contributed by atoms with Crippen LogP contribution in [0.25, 0.3) is 0 Å². The van der Waals surface area contributed by atoms with E-state index in [2.05, 4.69) is 25.2 Å². The first-order chi connectivity index (χ1) is 7.00. The Balaban J connectivity index is 2.78. The lowest BCUT2D eigenvalue weighted by molar-refractivity contribution is 0.230. The lowest BCUT2D eigenvalue weighted by Gasteiger charge is -2.13. The topological polar surface area (TPSA) is 32.3 Å². The number of nitrogens with zero attached hydrogens (tertiary/aromatic N) is 1. The van der Waals surface area contributed by atoms with Gasteiger partial charge in [-0.25, -0.2) is 4.79 Å². The summed E-state index contributed by atoms with van der Waals surface area (Å²) < 4.78 is 0. The first kappa shape index (κ1) is 11.6. The van der Waals surface area contributed by atoms with Crippen LogP contribution in [0.15, 0.2) is 24.3 Å². The lowest BCUT2D eigenvalue weighted by atomic mass is 10.0. The minimum atomic E-state index is -0.101. The fraction of sp³-hybridized carbons (Fsp3) is 0.417. The van der Waals surface area contributed by atoms with Crippen molar-refractivity contribution >= 4 is 11.7 Å². The fourth-order valence-electron chi connectivity index (χ4n) is 1.21. The van der Waals surface area contributed by atoms with Crippen molar-refractivity contribution in [3.8, 4) is 0 Å². The number of hydrogen-bond donors (Lipinski definition) is 1. The molecule has 0 aliphatic carbocycles. The highest BCUT2D eigenvalue weighted by atomic mass is 16.2. The SMILES string of the molecule is CC(C)c1cccc(NC(=O)N(C)C)c1. The second-order valence-corrected chi connectivity index (χ2v) is 4.10. The van der Waals surface area contributed by atoms with Gasteiger partial charge in [0.05, 0.1) is 0 Å². The summed E-state index contributed by atoms with van der Waals surface area (Å²) in [4.78, 5) is 12.9. The largest absolute Gasteiger partial charge is 0.331 e. The van der Waals surface area contributed by atoms with Crippen molar-refractivity contribution in [3.05, 3.63) is 29.8 Å². The van der Waals surface area contributed by atoms with Crippen LogP contribution in [0.4, 0.5) is 10.5 Å². The van der Waals surface area contributed by atoms with Crippen molar-refractivity contribution in [2.45, 2.75) is 19.8 Å². The maximum Gasteiger partial charge on any atom is 0.321 e. The van der Waals surface area contributed by atoms with Gasteiger partial charge in [-0.2, -0.15) is 0 Å². The summed E-state index contributed by atoms with van der Waals surface area (Å²) >= 11 is 0. The number of rotatable bonds is 2. The number of hydrogen-bond acceptors (Lipinski definition) is 1. The Morgan fingerprint density at radius 2 is 2.00 bits per heavy atom. The van der Waals surface area contributed by atoms with Gasteiger partial charge in [0, 0.05) is 19.8 Å². The molecular weight excluding hydrogens is 188 g/mol. The molecule has 3 heteroatoms. The van der Waals surface area contributed by atoms with Gasteiger partial charge in [-0.15, -0.1) is 0 Å². The lowest BCUT2D eigenvalue weighted by Crippen LogP contribution is -2.27. The van der Waals surface area contributed by atoms with E-state index in [0.29, 0.717) is 5.92 Å². The summed E-state index contributed by atoms with van der Waals surface area (Å²) in [5, 5.41) is 2.82. The average molecular weight is 206 g/mol. The molecule has 1 aromatic rings. The molecule has 0 atom stereocenters. The minimum absolute atomic E-state index is 0.101. The number of urea groups is 1. The number of amides is 2. The van der Waals surface area contributed by atoms with Crippen molar-refractivity contribution in [2.24, 2.45) is 0 Å². The van der Waals surface area contributed by atoms with Gasteiger partial charge in [-0.3, -0.25) is 0 Å². The smallest absolute Gasteiger partial charge is 0.321 e. The Morgan fingerprint density at radius 1 is 1.33 bits per heavy atom. The molecule has 1 aromatic carbocycles. The number of benzene rings is 1. The van der Waals surface area contributed by atoms with Crippen LogP contribution in [0.1, 0.15) is 25.3 Å². The standard InChI is InChI=1S/C12H18N2O/c1-9(2)10-6-5-7-11(8-10)13-12(15)14(3)4/h5-9H,1-4H3,(H,13,15). The highest BCUT2D eigenvalue weighted by Gasteiger charge is 2.05. The van der Waals surface area contributed by atoms with E-state index >= 15 is 0 Å². The molecule has 0 aliphatic heterocycles. The monoisotopic (exact) mass is 206 g/mol. The zero-order valence-corrected chi connectivity index (χ0v) is 9.74. The van der Waals surface area contributed by atoms with E-state index in [0.717, 1.165) is 5.69 Å². The third kappa shape index (κ3) is 3.27. The first-order valence-electron chi connectivity index (χ1n) is 5.09. The van der Waals surface area contributed by atoms with Gasteiger partial charge in [-0.05, 0) is 23.6 Å². The molecule has 0 saturated heterocycles. The van der Waals surface area contributed by atoms with Crippen molar-refractivity contribution in [1.29, 1.82) is 0 Å². The highest BCUT2D eigenvalue weighted by Crippen LogP contribution is 2.18. The molecule has 15 heavy (non-hydrogen) atoms. The second-order valence-electron chi connectivity index (χ2n) is 4.10. The Hall–Kier alpha value is -1.51. The van der Waals surface area contributed by atoms with Gasteiger partial charge in [-0.1, -0.05) is 26.0 Å². The zero-order chi connectivity index (χ0) is 11.4. The molecule has 0 saturated carbocycles. The van der Waals surface area contributed by atoms with Crippen LogP contribution in [0.5, 0.6) is 0 Å². The highest BCUT2D eigenvalue weighted by molar-refractivity contribution is 5.88. The van der Waals surface area contributed by atoms with Gasteiger partial charge in [0.1, 0.15) is 0 Å². The maximum absolute atomic E-state index is 11.4. The van der Waals surface area contributed by atoms with Crippen LogP contribution in [0.3, 0.4) is 0 Å². The molecule has 82 valence electrons. The Bertz CT molecular complexity index is 345. The van der Waals surface area contributed by atoms with Gasteiger partial charge < -0.3 is 10.2 Å². The molecule has 1 rings (SSSR count). The van der Waals surface area contributed by atoms with Crippen molar-refractivity contribution in [3.63, 3.8) is 0 Å². The number of carbonyl (C=O) groups is 1. The average Bonchev–Trinajstić information content (AvgIpc) is 2.18. The predicted octanol–water partition coefficient (Wildman–Crippen LogP) is 2.90. The Morgan fingerprint density at radius 3 is 2.53 bits per heavy atom. The van der Waals surface area contributed by atoms with Crippen LogP contribution in [-0.2, 0) is 0 Å². The molecule has 0 fully saturated rings. The molecule has 0 aromatic heterocycles. The molecule has 0 unspecified atom stereocenters. The summed E-state index contributed by atoms with van der Waals surface area (Å²) in [6.07, 6.45) is 0. The van der Waals surface area contributed by atoms with E-state index in [4.69, 9.17) is 0 Å². The Labute approximate surface area is 91.1 Å². The first-order valence-corrected chi connectivity index (χ1v) is 5.09. The molecule has 0 aliphatic rings. The minimum Gasteiger partial charge on any atom is -0.331 e. The molecule has 0 bridgehead atoms. The van der Waals surface area contributed by atoms with Gasteiger partial charge >= 0.3 is 6.03 Å². The molecule has 2 amide bonds. The molecule has 0 radical (unpaired) electrons. The number of nitrogens with one attached hydrogen (secondary N) is 1.